The highest BCUT2D eigenvalue weighted by molar-refractivity contribution is 5.45. The van der Waals surface area contributed by atoms with E-state index < -0.39 is 0 Å². The lowest BCUT2D eigenvalue weighted by Gasteiger charge is -2.35. The first-order chi connectivity index (χ1) is 7.36. The van der Waals surface area contributed by atoms with Crippen molar-refractivity contribution in [2.45, 2.75) is 0 Å². The Hall–Kier alpha value is -1.42. The molecule has 15 heavy (non-hydrogen) atoms. The molecule has 0 spiro atoms. The molecular weight excluding hydrogens is 192 g/mol. The molecule has 0 aromatic heterocycles. The Morgan fingerprint density at radius 1 is 1.07 bits per heavy atom. The molecule has 1 aromatic carbocycles. The highest BCUT2D eigenvalue weighted by Crippen LogP contribution is 2.12. The summed E-state index contributed by atoms with van der Waals surface area (Å²) in [5, 5.41) is 0. The van der Waals surface area contributed by atoms with Crippen molar-refractivity contribution in [3.05, 3.63) is 47.3 Å². The number of anilines is 1. The minimum atomic E-state index is 1.13. The number of hydrogen-bond donors (Lipinski definition) is 1. The van der Waals surface area contributed by atoms with Gasteiger partial charge in [-0.1, -0.05) is 18.2 Å². The van der Waals surface area contributed by atoms with Gasteiger partial charge in [-0.2, -0.15) is 7.05 Å². The van der Waals surface area contributed by atoms with Crippen LogP contribution in [-0.2, 0) is 0 Å². The van der Waals surface area contributed by atoms with Crippen molar-refractivity contribution in [2.75, 3.05) is 31.1 Å². The van der Waals surface area contributed by atoms with Gasteiger partial charge in [-0.05, 0) is 12.1 Å². The third kappa shape index (κ3) is 3.32. The fraction of sp³-hybridized carbons (Fsp3) is 0.364. The predicted octanol–water partition coefficient (Wildman–Crippen LogP) is 0.250. The van der Waals surface area contributed by atoms with Crippen LogP contribution in [0.25, 0.3) is 0 Å². The van der Waals surface area contributed by atoms with Crippen molar-refractivity contribution in [3.8, 4) is 0 Å². The molecule has 1 aliphatic heterocycles. The zero-order valence-corrected chi connectivity index (χ0v) is 8.69. The molecule has 2 rings (SSSR count). The van der Waals surface area contributed by atoms with E-state index in [2.05, 4.69) is 42.3 Å². The first-order valence-corrected chi connectivity index (χ1v) is 4.99. The van der Waals surface area contributed by atoms with E-state index in [9.17, 15) is 0 Å². The number of quaternary nitrogens is 1. The molecule has 1 aliphatic rings. The summed E-state index contributed by atoms with van der Waals surface area (Å²) in [6.07, 6.45) is 0. The van der Waals surface area contributed by atoms with E-state index in [1.54, 1.807) is 0 Å². The summed E-state index contributed by atoms with van der Waals surface area (Å²) in [5.41, 5.74) is 1.34. The van der Waals surface area contributed by atoms with Crippen LogP contribution >= 0.6 is 0 Å². The molecule has 82 valence electrons. The van der Waals surface area contributed by atoms with Gasteiger partial charge in [0.2, 0.25) is 0 Å². The Balaban J connectivity index is 0.000000531. The van der Waals surface area contributed by atoms with Gasteiger partial charge in [0.1, 0.15) is 0 Å². The summed E-state index contributed by atoms with van der Waals surface area (Å²) in [6.45, 7) is 4.55. The van der Waals surface area contributed by atoms with Gasteiger partial charge in [-0.25, -0.2) is 0 Å². The van der Waals surface area contributed by atoms with E-state index in [0.717, 1.165) is 26.2 Å². The Morgan fingerprint density at radius 2 is 1.60 bits per heavy atom. The lowest BCUT2D eigenvalue weighted by Crippen LogP contribution is -3.10. The number of hydrogen-bond acceptors (Lipinski definition) is 3. The lowest BCUT2D eigenvalue weighted by atomic mass is 10.2. The normalized spacial score (nSPS) is 16.7. The molecule has 4 heteroatoms. The fourth-order valence-corrected chi connectivity index (χ4v) is 1.72. The summed E-state index contributed by atoms with van der Waals surface area (Å²) in [5.74, 6) is 0. The third-order valence-corrected chi connectivity index (χ3v) is 2.59. The van der Waals surface area contributed by atoms with Gasteiger partial charge < -0.3 is 9.80 Å². The number of para-hydroxylation sites is 1. The van der Waals surface area contributed by atoms with E-state index in [1.165, 1.54) is 10.6 Å². The van der Waals surface area contributed by atoms with Crippen molar-refractivity contribution in [1.82, 2.24) is 0 Å². The largest absolute Gasteiger partial charge is 0.465 e. The molecular formula is C11H16N2O2. The number of nitrogens with one attached hydrogen (secondary N) is 1. The molecule has 0 atom stereocenters. The van der Waals surface area contributed by atoms with Crippen LogP contribution in [-0.4, -0.2) is 26.2 Å². The van der Waals surface area contributed by atoms with Crippen molar-refractivity contribution in [3.63, 3.8) is 0 Å². The van der Waals surface area contributed by atoms with Crippen LogP contribution < -0.4 is 9.80 Å². The summed E-state index contributed by atoms with van der Waals surface area (Å²) in [7, 11) is 4.02. The average Bonchev–Trinajstić information content (AvgIpc) is 2.34. The second-order valence-corrected chi connectivity index (χ2v) is 3.57. The SMILES string of the molecule is O=O.[CH2-][NH+]1CCN(c2ccccc2)CC1. The molecule has 0 radical (unpaired) electrons. The van der Waals surface area contributed by atoms with Crippen molar-refractivity contribution in [1.29, 1.82) is 0 Å². The Morgan fingerprint density at radius 3 is 2.13 bits per heavy atom. The van der Waals surface area contributed by atoms with Crippen molar-refractivity contribution in [2.24, 2.45) is 0 Å². The molecule has 1 fully saturated rings. The van der Waals surface area contributed by atoms with Gasteiger partial charge >= 0.3 is 0 Å². The maximum atomic E-state index is 7.00. The summed E-state index contributed by atoms with van der Waals surface area (Å²) in [4.78, 5) is 17.8. The van der Waals surface area contributed by atoms with Crippen LogP contribution in [0.15, 0.2) is 30.3 Å². The molecule has 4 nitrogen and oxygen atoms in total. The number of nitrogens with zero attached hydrogens (tertiary/aromatic N) is 1. The van der Waals surface area contributed by atoms with Crippen LogP contribution in [0.3, 0.4) is 0 Å². The van der Waals surface area contributed by atoms with Crippen LogP contribution in [0.2, 0.25) is 0 Å². The minimum absolute atomic E-state index is 1.13. The lowest BCUT2D eigenvalue weighted by molar-refractivity contribution is -0.854. The highest BCUT2D eigenvalue weighted by atomic mass is 16.7. The topological polar surface area (TPSA) is 41.8 Å². The predicted molar refractivity (Wildman–Crippen MR) is 61.4 cm³/mol. The maximum absolute atomic E-state index is 7.00. The third-order valence-electron chi connectivity index (χ3n) is 2.59. The summed E-state index contributed by atoms with van der Waals surface area (Å²) >= 11 is 0. The van der Waals surface area contributed by atoms with Crippen LogP contribution in [0, 0.1) is 17.0 Å². The molecule has 1 saturated heterocycles. The van der Waals surface area contributed by atoms with E-state index in [4.69, 9.17) is 9.93 Å². The fourth-order valence-electron chi connectivity index (χ4n) is 1.72. The Kier molecular flexibility index (Phi) is 4.77. The zero-order chi connectivity index (χ0) is 11.1. The number of rotatable bonds is 1. The second-order valence-electron chi connectivity index (χ2n) is 3.57. The standard InChI is InChI=1S/C11H16N2.O2/c1-12-7-9-13(10-8-12)11-5-3-2-4-6-11;1-2/h2-6,12H,1,7-10H2;. The quantitative estimate of drug-likeness (QED) is 0.673. The van der Waals surface area contributed by atoms with E-state index >= 15 is 0 Å². The molecule has 0 bridgehead atoms. The molecule has 0 saturated carbocycles. The van der Waals surface area contributed by atoms with Gasteiger partial charge in [0, 0.05) is 15.6 Å². The molecule has 0 unspecified atom stereocenters. The molecule has 1 heterocycles. The zero-order valence-electron chi connectivity index (χ0n) is 8.69. The van der Waals surface area contributed by atoms with Crippen LogP contribution in [0.5, 0.6) is 0 Å². The number of piperazine rings is 1. The highest BCUT2D eigenvalue weighted by Gasteiger charge is 2.13. The summed E-state index contributed by atoms with van der Waals surface area (Å²) < 4.78 is 0. The van der Waals surface area contributed by atoms with E-state index in [0.29, 0.717) is 0 Å². The van der Waals surface area contributed by atoms with E-state index in [-0.39, 0.29) is 0 Å². The van der Waals surface area contributed by atoms with Crippen LogP contribution in [0.4, 0.5) is 5.69 Å². The monoisotopic (exact) mass is 208 g/mol. The number of benzene rings is 1. The van der Waals surface area contributed by atoms with E-state index in [1.807, 2.05) is 0 Å². The Bertz CT molecular complexity index is 271. The first-order valence-electron chi connectivity index (χ1n) is 4.99. The molecule has 1 N–H and O–H groups in total. The van der Waals surface area contributed by atoms with Crippen molar-refractivity contribution < 1.29 is 4.90 Å². The second kappa shape index (κ2) is 6.14. The van der Waals surface area contributed by atoms with Gasteiger partial charge in [-0.15, -0.1) is 0 Å². The van der Waals surface area contributed by atoms with Gasteiger partial charge in [-0.3, -0.25) is 0 Å². The minimum Gasteiger partial charge on any atom is -0.465 e. The molecule has 1 aromatic rings. The smallest absolute Gasteiger partial charge is 0.0709 e. The maximum Gasteiger partial charge on any atom is 0.0709 e. The summed E-state index contributed by atoms with van der Waals surface area (Å²) in [6, 6.07) is 10.6. The van der Waals surface area contributed by atoms with Crippen molar-refractivity contribution >= 4 is 5.69 Å². The van der Waals surface area contributed by atoms with Gasteiger partial charge in [0.25, 0.3) is 0 Å². The molecule has 0 amide bonds. The van der Waals surface area contributed by atoms with Crippen LogP contribution in [0.1, 0.15) is 0 Å². The van der Waals surface area contributed by atoms with Gasteiger partial charge in [0.15, 0.2) is 0 Å². The van der Waals surface area contributed by atoms with Gasteiger partial charge in [0.05, 0.1) is 26.2 Å². The molecule has 0 aliphatic carbocycles. The Labute approximate surface area is 89.7 Å². The first kappa shape index (κ1) is 11.7. The average molecular weight is 208 g/mol.